The van der Waals surface area contributed by atoms with Crippen molar-refractivity contribution >= 4 is 44.1 Å². The van der Waals surface area contributed by atoms with Crippen molar-refractivity contribution < 1.29 is 8.83 Å². The molecule has 6 nitrogen and oxygen atoms in total. The third-order valence-electron chi connectivity index (χ3n) is 12.8. The number of para-hydroxylation sites is 2. The fourth-order valence-corrected chi connectivity index (χ4v) is 9.52. The molecule has 6 heteroatoms. The van der Waals surface area contributed by atoms with Crippen molar-refractivity contribution in [3.05, 3.63) is 231 Å². The van der Waals surface area contributed by atoms with Gasteiger partial charge in [0.25, 0.3) is 0 Å². The zero-order valence-corrected chi connectivity index (χ0v) is 36.5. The van der Waals surface area contributed by atoms with Gasteiger partial charge in [-0.3, -0.25) is 0 Å². The summed E-state index contributed by atoms with van der Waals surface area (Å²) in [5.41, 5.74) is 16.7. The molecule has 0 N–H and O–H groups in total. The highest BCUT2D eigenvalue weighted by atomic mass is 16.3. The maximum absolute atomic E-state index is 6.50. The molecule has 0 spiro atoms. The fourth-order valence-electron chi connectivity index (χ4n) is 9.52. The molecule has 0 aliphatic rings. The van der Waals surface area contributed by atoms with Gasteiger partial charge in [0, 0.05) is 33.0 Å². The van der Waals surface area contributed by atoms with Crippen LogP contribution in [0, 0.1) is 0 Å². The smallest absolute Gasteiger partial charge is 0.231 e. The Kier molecular flexibility index (Phi) is 9.39. The lowest BCUT2D eigenvalue weighted by atomic mass is 9.89. The van der Waals surface area contributed by atoms with Crippen LogP contribution in [0.1, 0.15) is 0 Å². The highest BCUT2D eigenvalue weighted by Crippen LogP contribution is 2.44. The Morgan fingerprint density at radius 2 is 0.647 bits per heavy atom. The van der Waals surface area contributed by atoms with Crippen LogP contribution in [-0.4, -0.2) is 19.9 Å². The third-order valence-corrected chi connectivity index (χ3v) is 12.8. The highest BCUT2D eigenvalue weighted by molar-refractivity contribution is 6.13. The van der Waals surface area contributed by atoms with Crippen LogP contribution in [0.15, 0.2) is 239 Å². The van der Waals surface area contributed by atoms with E-state index in [9.17, 15) is 0 Å². The maximum Gasteiger partial charge on any atom is 0.231 e. The van der Waals surface area contributed by atoms with E-state index >= 15 is 0 Å². The van der Waals surface area contributed by atoms with Gasteiger partial charge >= 0.3 is 0 Å². The second kappa shape index (κ2) is 16.3. The largest absolute Gasteiger partial charge is 0.438 e. The molecule has 9 aromatic carbocycles. The van der Waals surface area contributed by atoms with Crippen molar-refractivity contribution in [1.82, 2.24) is 19.9 Å². The van der Waals surface area contributed by atoms with E-state index in [0.29, 0.717) is 23.1 Å². The zero-order chi connectivity index (χ0) is 45.0. The first-order valence-electron chi connectivity index (χ1n) is 22.7. The van der Waals surface area contributed by atoms with Gasteiger partial charge in [-0.1, -0.05) is 212 Å². The predicted octanol–water partition coefficient (Wildman–Crippen LogP) is 16.4. The number of benzene rings is 9. The van der Waals surface area contributed by atoms with Crippen LogP contribution >= 0.6 is 0 Å². The van der Waals surface area contributed by atoms with Gasteiger partial charge in [-0.2, -0.15) is 9.97 Å². The lowest BCUT2D eigenvalue weighted by molar-refractivity contribution is 0.653. The summed E-state index contributed by atoms with van der Waals surface area (Å²) in [5.74, 6) is 1.17. The normalized spacial score (nSPS) is 11.5. The minimum atomic E-state index is 0.544. The lowest BCUT2D eigenvalue weighted by Crippen LogP contribution is -1.96. The SMILES string of the molecule is c1ccc(-c2ccc(-c3nc(-c4ccccc4-c4ccccc4-c4cccc(-c5nc(-c6ccc(-c7ccccc7)cc6)c6c(n5)oc5ccccc56)c4)c4c(n3)oc3ccccc34)cc2)cc1. The van der Waals surface area contributed by atoms with Crippen LogP contribution in [0.3, 0.4) is 0 Å². The quantitative estimate of drug-likeness (QED) is 0.151. The highest BCUT2D eigenvalue weighted by Gasteiger charge is 2.23. The van der Waals surface area contributed by atoms with Crippen molar-refractivity contribution in [1.29, 1.82) is 0 Å². The Balaban J connectivity index is 0.936. The van der Waals surface area contributed by atoms with E-state index in [1.54, 1.807) is 0 Å². The zero-order valence-electron chi connectivity index (χ0n) is 36.5. The van der Waals surface area contributed by atoms with Gasteiger partial charge in [-0.15, -0.1) is 0 Å². The standard InChI is InChI=1S/C62H38N4O2/c1-3-16-39(17-4-1)41-30-34-43(35-31-41)57-55-51-26-11-13-28-53(51)67-61(55)66-60(63-57)46-21-15-20-45(38-46)47-22-7-8-23-48(47)49-24-9-10-25-50(49)58-56-52-27-12-14-29-54(52)68-62(56)65-59(64-58)44-36-32-42(33-37-44)40-18-5-2-6-19-40/h1-38H. The van der Waals surface area contributed by atoms with Crippen LogP contribution in [0.25, 0.3) is 134 Å². The van der Waals surface area contributed by atoms with Gasteiger partial charge in [0.2, 0.25) is 11.4 Å². The molecule has 0 aliphatic carbocycles. The van der Waals surface area contributed by atoms with E-state index in [-0.39, 0.29) is 0 Å². The summed E-state index contributed by atoms with van der Waals surface area (Å²) in [5, 5.41) is 3.72. The van der Waals surface area contributed by atoms with Gasteiger partial charge in [-0.25, -0.2) is 9.97 Å². The predicted molar refractivity (Wildman–Crippen MR) is 276 cm³/mol. The van der Waals surface area contributed by atoms with E-state index in [4.69, 9.17) is 28.8 Å². The van der Waals surface area contributed by atoms with Gasteiger partial charge in [0.05, 0.1) is 22.2 Å². The Labute approximate surface area is 391 Å². The molecule has 0 amide bonds. The second-order valence-electron chi connectivity index (χ2n) is 16.9. The van der Waals surface area contributed by atoms with Crippen molar-refractivity contribution in [2.24, 2.45) is 0 Å². The van der Waals surface area contributed by atoms with Crippen molar-refractivity contribution in [2.45, 2.75) is 0 Å². The summed E-state index contributed by atoms with van der Waals surface area (Å²) in [6.07, 6.45) is 0. The number of hydrogen-bond acceptors (Lipinski definition) is 6. The van der Waals surface area contributed by atoms with Crippen LogP contribution in [0.5, 0.6) is 0 Å². The first kappa shape index (κ1) is 39.1. The molecule has 13 aromatic rings. The molecule has 4 heterocycles. The molecule has 0 unspecified atom stereocenters. The molecule has 0 saturated carbocycles. The molecule has 0 aliphatic heterocycles. The average Bonchev–Trinajstić information content (AvgIpc) is 4.00. The fraction of sp³-hybridized carbons (Fsp3) is 0. The molecule has 0 radical (unpaired) electrons. The molecular weight excluding hydrogens is 833 g/mol. The van der Waals surface area contributed by atoms with Crippen molar-refractivity contribution in [3.8, 4) is 89.8 Å². The number of furan rings is 2. The first-order chi connectivity index (χ1) is 33.7. The Hall–Kier alpha value is -9.26. The number of hydrogen-bond donors (Lipinski definition) is 0. The van der Waals surface area contributed by atoms with Crippen LogP contribution in [-0.2, 0) is 0 Å². The molecule has 68 heavy (non-hydrogen) atoms. The Morgan fingerprint density at radius 3 is 1.25 bits per heavy atom. The molecule has 0 bridgehead atoms. The van der Waals surface area contributed by atoms with E-state index in [1.807, 2.05) is 48.5 Å². The summed E-state index contributed by atoms with van der Waals surface area (Å²) in [6, 6.07) is 79.5. The summed E-state index contributed by atoms with van der Waals surface area (Å²) in [7, 11) is 0. The average molecular weight is 871 g/mol. The molecule has 318 valence electrons. The molecular formula is C62H38N4O2. The van der Waals surface area contributed by atoms with Crippen molar-refractivity contribution in [3.63, 3.8) is 0 Å². The molecule has 13 rings (SSSR count). The molecule has 0 fully saturated rings. The number of nitrogens with zero attached hydrogens (tertiary/aromatic N) is 4. The minimum absolute atomic E-state index is 0.544. The summed E-state index contributed by atoms with van der Waals surface area (Å²) in [6.45, 7) is 0. The van der Waals surface area contributed by atoms with Crippen LogP contribution in [0.4, 0.5) is 0 Å². The lowest BCUT2D eigenvalue weighted by Gasteiger charge is -2.16. The summed E-state index contributed by atoms with van der Waals surface area (Å²) >= 11 is 0. The van der Waals surface area contributed by atoms with Gasteiger partial charge in [0.15, 0.2) is 11.6 Å². The molecule has 4 aromatic heterocycles. The van der Waals surface area contributed by atoms with E-state index in [0.717, 1.165) is 111 Å². The molecule has 0 atom stereocenters. The number of aromatic nitrogens is 4. The third kappa shape index (κ3) is 6.82. The Bertz CT molecular complexity index is 4010. The van der Waals surface area contributed by atoms with Crippen LogP contribution < -0.4 is 0 Å². The second-order valence-corrected chi connectivity index (χ2v) is 16.9. The summed E-state index contributed by atoms with van der Waals surface area (Å²) in [4.78, 5) is 20.9. The summed E-state index contributed by atoms with van der Waals surface area (Å²) < 4.78 is 13.0. The van der Waals surface area contributed by atoms with E-state index < -0.39 is 0 Å². The maximum atomic E-state index is 6.50. The minimum Gasteiger partial charge on any atom is -0.438 e. The topological polar surface area (TPSA) is 77.8 Å². The monoisotopic (exact) mass is 870 g/mol. The first-order valence-corrected chi connectivity index (χ1v) is 22.7. The van der Waals surface area contributed by atoms with E-state index in [2.05, 4.69) is 182 Å². The number of rotatable bonds is 8. The van der Waals surface area contributed by atoms with Gasteiger partial charge in [-0.05, 0) is 62.7 Å². The van der Waals surface area contributed by atoms with Gasteiger partial charge < -0.3 is 8.83 Å². The van der Waals surface area contributed by atoms with Crippen molar-refractivity contribution in [2.75, 3.05) is 0 Å². The van der Waals surface area contributed by atoms with Crippen LogP contribution in [0.2, 0.25) is 0 Å². The Morgan fingerprint density at radius 1 is 0.250 bits per heavy atom. The van der Waals surface area contributed by atoms with E-state index in [1.165, 1.54) is 0 Å². The number of fused-ring (bicyclic) bond motifs is 6. The van der Waals surface area contributed by atoms with Gasteiger partial charge in [0.1, 0.15) is 11.2 Å². The molecule has 0 saturated heterocycles.